The first kappa shape index (κ1) is 12.8. The van der Waals surface area contributed by atoms with Crippen molar-refractivity contribution < 1.29 is 10.2 Å². The molecule has 0 radical (unpaired) electrons. The monoisotopic (exact) mass is 268 g/mol. The number of benzene rings is 2. The lowest BCUT2D eigenvalue weighted by Crippen LogP contribution is -2.25. The van der Waals surface area contributed by atoms with E-state index in [2.05, 4.69) is 4.98 Å². The van der Waals surface area contributed by atoms with Gasteiger partial charge in [0, 0.05) is 6.42 Å². The Morgan fingerprint density at radius 1 is 0.950 bits per heavy atom. The molecule has 4 heteroatoms. The molecular weight excluding hydrogens is 252 g/mol. The molecule has 102 valence electrons. The quantitative estimate of drug-likeness (QED) is 0.762. The fraction of sp³-hybridized carbons (Fsp3) is 0.188. The molecule has 3 aromatic rings. The highest BCUT2D eigenvalue weighted by atomic mass is 16.3. The van der Waals surface area contributed by atoms with Crippen molar-refractivity contribution in [2.75, 3.05) is 0 Å². The van der Waals surface area contributed by atoms with Gasteiger partial charge in [0.2, 0.25) is 0 Å². The van der Waals surface area contributed by atoms with Crippen LogP contribution in [0.1, 0.15) is 11.8 Å². The molecule has 0 amide bonds. The lowest BCUT2D eigenvalue weighted by Gasteiger charge is -2.19. The summed E-state index contributed by atoms with van der Waals surface area (Å²) in [6, 6.07) is 17.2. The second kappa shape index (κ2) is 5.45. The largest absolute Gasteiger partial charge is 0.388 e. The van der Waals surface area contributed by atoms with Gasteiger partial charge in [0.05, 0.1) is 17.4 Å². The summed E-state index contributed by atoms with van der Waals surface area (Å²) in [5.74, 6) is 0. The Labute approximate surface area is 116 Å². The molecule has 2 unspecified atom stereocenters. The molecule has 2 N–H and O–H groups in total. The van der Waals surface area contributed by atoms with Crippen molar-refractivity contribution in [1.82, 2.24) is 9.55 Å². The Morgan fingerprint density at radius 3 is 2.45 bits per heavy atom. The Morgan fingerprint density at radius 2 is 1.65 bits per heavy atom. The number of aliphatic hydroxyl groups excluding tert-OH is 2. The van der Waals surface area contributed by atoms with Crippen LogP contribution >= 0.6 is 0 Å². The topological polar surface area (TPSA) is 58.3 Å². The highest BCUT2D eigenvalue weighted by Crippen LogP contribution is 2.20. The van der Waals surface area contributed by atoms with Gasteiger partial charge < -0.3 is 14.8 Å². The Hall–Kier alpha value is -2.17. The molecule has 20 heavy (non-hydrogen) atoms. The second-order valence-electron chi connectivity index (χ2n) is 4.81. The minimum absolute atomic E-state index is 0.397. The molecule has 0 spiro atoms. The molecule has 3 rings (SSSR count). The van der Waals surface area contributed by atoms with Crippen LogP contribution in [0.2, 0.25) is 0 Å². The van der Waals surface area contributed by atoms with Gasteiger partial charge >= 0.3 is 0 Å². The highest BCUT2D eigenvalue weighted by Gasteiger charge is 2.20. The summed E-state index contributed by atoms with van der Waals surface area (Å²) in [5, 5.41) is 20.5. The van der Waals surface area contributed by atoms with Crippen LogP contribution in [0, 0.1) is 0 Å². The maximum absolute atomic E-state index is 10.3. The van der Waals surface area contributed by atoms with Crippen molar-refractivity contribution >= 4 is 11.0 Å². The van der Waals surface area contributed by atoms with E-state index in [0.717, 1.165) is 16.6 Å². The molecule has 0 fully saturated rings. The van der Waals surface area contributed by atoms with E-state index in [1.165, 1.54) is 0 Å². The fourth-order valence-corrected chi connectivity index (χ4v) is 2.34. The number of fused-ring (bicyclic) bond motifs is 1. The summed E-state index contributed by atoms with van der Waals surface area (Å²) >= 11 is 0. The average molecular weight is 268 g/mol. The van der Waals surface area contributed by atoms with Crippen molar-refractivity contribution in [3.05, 3.63) is 66.5 Å². The zero-order valence-corrected chi connectivity index (χ0v) is 10.9. The molecule has 0 aliphatic carbocycles. The maximum atomic E-state index is 10.3. The van der Waals surface area contributed by atoms with Crippen LogP contribution in [0.4, 0.5) is 0 Å². The van der Waals surface area contributed by atoms with Gasteiger partial charge in [-0.05, 0) is 17.7 Å². The van der Waals surface area contributed by atoms with Gasteiger partial charge in [-0.15, -0.1) is 0 Å². The average Bonchev–Trinajstić information content (AvgIpc) is 2.91. The molecule has 0 aliphatic rings. The minimum atomic E-state index is -1.01. The third-order valence-corrected chi connectivity index (χ3v) is 3.40. The van der Waals surface area contributed by atoms with Gasteiger partial charge in [-0.25, -0.2) is 4.98 Å². The van der Waals surface area contributed by atoms with Crippen molar-refractivity contribution in [2.45, 2.75) is 18.8 Å². The minimum Gasteiger partial charge on any atom is -0.388 e. The van der Waals surface area contributed by atoms with Crippen molar-refractivity contribution in [3.8, 4) is 0 Å². The first-order chi connectivity index (χ1) is 9.75. The number of aromatic nitrogens is 2. The van der Waals surface area contributed by atoms with Gasteiger partial charge in [0.25, 0.3) is 0 Å². The number of aliphatic hydroxyl groups is 2. The molecule has 0 aliphatic heterocycles. The van der Waals surface area contributed by atoms with Crippen LogP contribution in [-0.4, -0.2) is 25.9 Å². The number of nitrogens with zero attached hydrogens (tertiary/aromatic N) is 2. The van der Waals surface area contributed by atoms with Crippen LogP contribution in [0.5, 0.6) is 0 Å². The van der Waals surface area contributed by atoms with Gasteiger partial charge in [-0.2, -0.15) is 0 Å². The van der Waals surface area contributed by atoms with Gasteiger partial charge in [-0.1, -0.05) is 42.5 Å². The van der Waals surface area contributed by atoms with Crippen molar-refractivity contribution in [1.29, 1.82) is 0 Å². The first-order valence-corrected chi connectivity index (χ1v) is 6.57. The summed E-state index contributed by atoms with van der Waals surface area (Å²) in [4.78, 5) is 4.22. The SMILES string of the molecule is OC(Cc1ccccc1)C(O)n1cnc2ccccc21. The molecule has 4 nitrogen and oxygen atoms in total. The van der Waals surface area contributed by atoms with Crippen molar-refractivity contribution in [3.63, 3.8) is 0 Å². The van der Waals surface area contributed by atoms with E-state index in [1.807, 2.05) is 54.6 Å². The van der Waals surface area contributed by atoms with Crippen LogP contribution < -0.4 is 0 Å². The van der Waals surface area contributed by atoms with E-state index in [-0.39, 0.29) is 0 Å². The Kier molecular flexibility index (Phi) is 3.50. The zero-order valence-electron chi connectivity index (χ0n) is 10.9. The maximum Gasteiger partial charge on any atom is 0.158 e. The third-order valence-electron chi connectivity index (χ3n) is 3.40. The number of rotatable bonds is 4. The molecule has 1 heterocycles. The third kappa shape index (κ3) is 2.43. The second-order valence-corrected chi connectivity index (χ2v) is 4.81. The van der Waals surface area contributed by atoms with E-state index in [9.17, 15) is 10.2 Å². The van der Waals surface area contributed by atoms with Crippen LogP contribution in [-0.2, 0) is 6.42 Å². The lowest BCUT2D eigenvalue weighted by atomic mass is 10.1. The number of para-hydroxylation sites is 2. The molecule has 0 saturated heterocycles. The Balaban J connectivity index is 1.83. The van der Waals surface area contributed by atoms with Crippen LogP contribution in [0.3, 0.4) is 0 Å². The molecule has 1 aromatic heterocycles. The van der Waals surface area contributed by atoms with Crippen molar-refractivity contribution in [2.24, 2.45) is 0 Å². The summed E-state index contributed by atoms with van der Waals surface area (Å²) < 4.78 is 1.60. The normalized spacial score (nSPS) is 14.3. The predicted molar refractivity (Wildman–Crippen MR) is 77.1 cm³/mol. The fourth-order valence-electron chi connectivity index (χ4n) is 2.34. The lowest BCUT2D eigenvalue weighted by molar-refractivity contribution is -0.0251. The summed E-state index contributed by atoms with van der Waals surface area (Å²) in [6.45, 7) is 0. The molecule has 0 bridgehead atoms. The van der Waals surface area contributed by atoms with E-state index >= 15 is 0 Å². The number of hydrogen-bond acceptors (Lipinski definition) is 3. The van der Waals surface area contributed by atoms with Gasteiger partial charge in [0.15, 0.2) is 6.23 Å². The summed E-state index contributed by atoms with van der Waals surface area (Å²) in [6.07, 6.45) is 0.0653. The highest BCUT2D eigenvalue weighted by molar-refractivity contribution is 5.75. The van der Waals surface area contributed by atoms with Gasteiger partial charge in [-0.3, -0.25) is 0 Å². The Bertz CT molecular complexity index is 694. The molecular formula is C16H16N2O2. The number of hydrogen-bond donors (Lipinski definition) is 2. The standard InChI is InChI=1S/C16H16N2O2/c19-15(10-12-6-2-1-3-7-12)16(20)18-11-17-13-8-4-5-9-14(13)18/h1-9,11,15-16,19-20H,10H2. The van der Waals surface area contributed by atoms with E-state index in [0.29, 0.717) is 6.42 Å². The smallest absolute Gasteiger partial charge is 0.158 e. The molecule has 2 aromatic carbocycles. The van der Waals surface area contributed by atoms with Crippen LogP contribution in [0.25, 0.3) is 11.0 Å². The zero-order chi connectivity index (χ0) is 13.9. The first-order valence-electron chi connectivity index (χ1n) is 6.57. The molecule has 0 saturated carbocycles. The predicted octanol–water partition coefficient (Wildman–Crippen LogP) is 2.13. The van der Waals surface area contributed by atoms with E-state index < -0.39 is 12.3 Å². The van der Waals surface area contributed by atoms with E-state index in [4.69, 9.17) is 0 Å². The van der Waals surface area contributed by atoms with Crippen LogP contribution in [0.15, 0.2) is 60.9 Å². The molecule has 2 atom stereocenters. The summed E-state index contributed by atoms with van der Waals surface area (Å²) in [5.41, 5.74) is 2.61. The summed E-state index contributed by atoms with van der Waals surface area (Å²) in [7, 11) is 0. The number of imidazole rings is 1. The van der Waals surface area contributed by atoms with Gasteiger partial charge in [0.1, 0.15) is 6.10 Å². The van der Waals surface area contributed by atoms with E-state index in [1.54, 1.807) is 10.9 Å².